The molecular weight excluding hydrogens is 302 g/mol. The first kappa shape index (κ1) is 20.4. The number of carbonyl (C=O) groups excluding carboxylic acids is 2. The van der Waals surface area contributed by atoms with Gasteiger partial charge in [0.15, 0.2) is 0 Å². The molecule has 0 aliphatic carbocycles. The van der Waals surface area contributed by atoms with E-state index in [0.717, 1.165) is 6.54 Å². The highest BCUT2D eigenvalue weighted by atomic mass is 35.5. The van der Waals surface area contributed by atoms with Crippen LogP contribution < -0.4 is 16.0 Å². The first-order valence-corrected chi connectivity index (χ1v) is 7.36. The number of anilines is 1. The third kappa shape index (κ3) is 6.91. The Morgan fingerprint density at radius 3 is 2.18 bits per heavy atom. The largest absolute Gasteiger partial charge is 0.350 e. The predicted molar refractivity (Wildman–Crippen MR) is 92.6 cm³/mol. The summed E-state index contributed by atoms with van der Waals surface area (Å²) in [5.74, 6) is -0.214. The van der Waals surface area contributed by atoms with Gasteiger partial charge < -0.3 is 16.0 Å². The van der Waals surface area contributed by atoms with Crippen LogP contribution in [0.15, 0.2) is 24.3 Å². The highest BCUT2D eigenvalue weighted by Crippen LogP contribution is 2.11. The molecule has 0 heterocycles. The molecule has 6 heteroatoms. The van der Waals surface area contributed by atoms with Crippen molar-refractivity contribution < 1.29 is 9.59 Å². The number of nitrogens with one attached hydrogen (secondary N) is 3. The van der Waals surface area contributed by atoms with Crippen molar-refractivity contribution in [2.24, 2.45) is 5.92 Å². The van der Waals surface area contributed by atoms with E-state index in [9.17, 15) is 9.59 Å². The number of hydrogen-bond donors (Lipinski definition) is 3. The lowest BCUT2D eigenvalue weighted by molar-refractivity contribution is -0.118. The average molecular weight is 328 g/mol. The van der Waals surface area contributed by atoms with E-state index in [2.05, 4.69) is 16.0 Å². The van der Waals surface area contributed by atoms with Gasteiger partial charge in [0.1, 0.15) is 0 Å². The third-order valence-corrected chi connectivity index (χ3v) is 3.06. The van der Waals surface area contributed by atoms with Crippen LogP contribution in [0, 0.1) is 5.92 Å². The maximum absolute atomic E-state index is 12.0. The van der Waals surface area contributed by atoms with Crippen molar-refractivity contribution >= 4 is 29.9 Å². The van der Waals surface area contributed by atoms with Crippen molar-refractivity contribution in [2.75, 3.05) is 18.4 Å². The minimum atomic E-state index is -0.110. The van der Waals surface area contributed by atoms with Crippen LogP contribution in [0.4, 0.5) is 5.69 Å². The van der Waals surface area contributed by atoms with Crippen molar-refractivity contribution in [3.63, 3.8) is 0 Å². The number of likely N-dealkylation sites (N-methyl/N-ethyl adjacent to an activating group) is 1. The molecule has 0 fully saturated rings. The van der Waals surface area contributed by atoms with E-state index < -0.39 is 0 Å². The van der Waals surface area contributed by atoms with Crippen LogP contribution in [0.25, 0.3) is 0 Å². The van der Waals surface area contributed by atoms with Crippen molar-refractivity contribution in [3.8, 4) is 0 Å². The van der Waals surface area contributed by atoms with Crippen LogP contribution in [0.1, 0.15) is 38.1 Å². The first-order valence-electron chi connectivity index (χ1n) is 7.36. The molecule has 0 aliphatic heterocycles. The molecule has 0 spiro atoms. The van der Waals surface area contributed by atoms with E-state index in [4.69, 9.17) is 0 Å². The lowest BCUT2D eigenvalue weighted by Gasteiger charge is -2.13. The lowest BCUT2D eigenvalue weighted by atomic mass is 10.1. The van der Waals surface area contributed by atoms with Gasteiger partial charge in [0.05, 0.1) is 0 Å². The van der Waals surface area contributed by atoms with E-state index in [0.29, 0.717) is 17.8 Å². The van der Waals surface area contributed by atoms with E-state index in [1.807, 2.05) is 27.7 Å². The molecule has 1 atom stereocenters. The van der Waals surface area contributed by atoms with E-state index in [1.54, 1.807) is 24.3 Å². The summed E-state index contributed by atoms with van der Waals surface area (Å²) >= 11 is 0. The van der Waals surface area contributed by atoms with Crippen LogP contribution in [-0.4, -0.2) is 30.9 Å². The minimum absolute atomic E-state index is 0. The Kier molecular flexibility index (Phi) is 9.45. The fourth-order valence-corrected chi connectivity index (χ4v) is 1.76. The molecule has 1 aromatic carbocycles. The Labute approximate surface area is 138 Å². The van der Waals surface area contributed by atoms with Gasteiger partial charge in [0, 0.05) is 29.8 Å². The summed E-state index contributed by atoms with van der Waals surface area (Å²) in [4.78, 5) is 23.5. The summed E-state index contributed by atoms with van der Waals surface area (Å²) in [5, 5.41) is 8.90. The summed E-state index contributed by atoms with van der Waals surface area (Å²) in [6.07, 6.45) is 0. The van der Waals surface area contributed by atoms with Gasteiger partial charge in [-0.05, 0) is 37.7 Å². The minimum Gasteiger partial charge on any atom is -0.350 e. The van der Waals surface area contributed by atoms with Crippen molar-refractivity contribution in [3.05, 3.63) is 29.8 Å². The van der Waals surface area contributed by atoms with Crippen LogP contribution in [0.5, 0.6) is 0 Å². The van der Waals surface area contributed by atoms with Gasteiger partial charge in [0.25, 0.3) is 5.91 Å². The van der Waals surface area contributed by atoms with Crippen LogP contribution >= 0.6 is 12.4 Å². The molecule has 0 bridgehead atoms. The zero-order valence-electron chi connectivity index (χ0n) is 13.6. The molecule has 0 aliphatic rings. The fourth-order valence-electron chi connectivity index (χ4n) is 1.76. The Balaban J connectivity index is 0.00000441. The number of halogens is 1. The molecule has 1 rings (SSSR count). The molecule has 0 saturated carbocycles. The summed E-state index contributed by atoms with van der Waals surface area (Å²) in [7, 11) is 0. The van der Waals surface area contributed by atoms with Gasteiger partial charge in [-0.1, -0.05) is 20.8 Å². The van der Waals surface area contributed by atoms with Gasteiger partial charge >= 0.3 is 0 Å². The molecule has 22 heavy (non-hydrogen) atoms. The Hall–Kier alpha value is -1.59. The summed E-state index contributed by atoms with van der Waals surface area (Å²) in [6, 6.07) is 7.14. The fraction of sp³-hybridized carbons (Fsp3) is 0.500. The third-order valence-electron chi connectivity index (χ3n) is 3.06. The second-order valence-corrected chi connectivity index (χ2v) is 5.39. The highest BCUT2D eigenvalue weighted by Gasteiger charge is 2.09. The number of benzene rings is 1. The van der Waals surface area contributed by atoms with Gasteiger partial charge in [-0.15, -0.1) is 12.4 Å². The Morgan fingerprint density at radius 2 is 1.68 bits per heavy atom. The number of rotatable bonds is 7. The van der Waals surface area contributed by atoms with Crippen molar-refractivity contribution in [1.29, 1.82) is 0 Å². The summed E-state index contributed by atoms with van der Waals surface area (Å²) in [5.41, 5.74) is 1.28. The quantitative estimate of drug-likeness (QED) is 0.720. The molecule has 0 saturated heterocycles. The summed E-state index contributed by atoms with van der Waals surface area (Å²) in [6.45, 7) is 9.18. The molecule has 1 aromatic rings. The molecule has 0 aromatic heterocycles. The van der Waals surface area contributed by atoms with Gasteiger partial charge in [-0.2, -0.15) is 0 Å². The first-order chi connectivity index (χ1) is 9.93. The molecular formula is C16H26ClN3O2. The molecule has 5 nitrogen and oxygen atoms in total. The standard InChI is InChI=1S/C16H25N3O2.ClH/c1-5-17-12(4)10-18-16(21)13-6-8-14(9-7-13)19-15(20)11(2)3;/h6-9,11-12,17H,5,10H2,1-4H3,(H,18,21)(H,19,20);1H/t12-;/m1./s1. The topological polar surface area (TPSA) is 70.2 Å². The van der Waals surface area contributed by atoms with Gasteiger partial charge in [-0.3, -0.25) is 9.59 Å². The van der Waals surface area contributed by atoms with E-state index in [-0.39, 0.29) is 36.2 Å². The number of carbonyl (C=O) groups is 2. The van der Waals surface area contributed by atoms with Crippen LogP contribution in [0.3, 0.4) is 0 Å². The maximum atomic E-state index is 12.0. The second kappa shape index (κ2) is 10.2. The SMILES string of the molecule is CCN[C@H](C)CNC(=O)c1ccc(NC(=O)C(C)C)cc1.Cl. The average Bonchev–Trinajstić information content (AvgIpc) is 2.45. The van der Waals surface area contributed by atoms with Crippen molar-refractivity contribution in [2.45, 2.75) is 33.7 Å². The monoisotopic (exact) mass is 327 g/mol. The Bertz CT molecular complexity index is 475. The number of amides is 2. The smallest absolute Gasteiger partial charge is 0.251 e. The molecule has 124 valence electrons. The van der Waals surface area contributed by atoms with Gasteiger partial charge in [0.2, 0.25) is 5.91 Å². The zero-order chi connectivity index (χ0) is 15.8. The summed E-state index contributed by atoms with van der Waals surface area (Å²) < 4.78 is 0. The molecule has 2 amide bonds. The molecule has 0 unspecified atom stereocenters. The number of hydrogen-bond acceptors (Lipinski definition) is 3. The van der Waals surface area contributed by atoms with E-state index >= 15 is 0 Å². The Morgan fingerprint density at radius 1 is 1.09 bits per heavy atom. The van der Waals surface area contributed by atoms with Crippen LogP contribution in [0.2, 0.25) is 0 Å². The maximum Gasteiger partial charge on any atom is 0.251 e. The lowest BCUT2D eigenvalue weighted by Crippen LogP contribution is -2.38. The van der Waals surface area contributed by atoms with Crippen LogP contribution in [-0.2, 0) is 4.79 Å². The normalized spacial score (nSPS) is 11.5. The van der Waals surface area contributed by atoms with Gasteiger partial charge in [-0.25, -0.2) is 0 Å². The molecule has 0 radical (unpaired) electrons. The van der Waals surface area contributed by atoms with Crippen molar-refractivity contribution in [1.82, 2.24) is 10.6 Å². The predicted octanol–water partition coefficient (Wildman–Crippen LogP) is 2.43. The second-order valence-electron chi connectivity index (χ2n) is 5.39. The highest BCUT2D eigenvalue weighted by molar-refractivity contribution is 5.96. The van der Waals surface area contributed by atoms with E-state index in [1.165, 1.54) is 0 Å². The molecule has 3 N–H and O–H groups in total. The zero-order valence-corrected chi connectivity index (χ0v) is 14.4.